The molecular formula is C16H16N2OS. The lowest BCUT2D eigenvalue weighted by atomic mass is 10.1. The lowest BCUT2D eigenvalue weighted by Gasteiger charge is -2.11. The van der Waals surface area contributed by atoms with Crippen LogP contribution in [0.2, 0.25) is 0 Å². The third-order valence-corrected chi connectivity index (χ3v) is 4.13. The van der Waals surface area contributed by atoms with Crippen molar-refractivity contribution in [2.45, 2.75) is 20.4 Å². The van der Waals surface area contributed by atoms with Crippen LogP contribution >= 0.6 is 11.3 Å². The van der Waals surface area contributed by atoms with Crippen LogP contribution in [0.4, 0.5) is 0 Å². The van der Waals surface area contributed by atoms with Crippen molar-refractivity contribution in [3.05, 3.63) is 53.1 Å². The van der Waals surface area contributed by atoms with Crippen molar-refractivity contribution in [1.29, 1.82) is 0 Å². The van der Waals surface area contributed by atoms with Crippen molar-refractivity contribution < 1.29 is 4.74 Å². The Kier molecular flexibility index (Phi) is 3.42. The average Bonchev–Trinajstić information content (AvgIpc) is 2.85. The fraction of sp³-hybridized carbons (Fsp3) is 0.188. The smallest absolute Gasteiger partial charge is 0.279 e. The Morgan fingerprint density at radius 1 is 1.15 bits per heavy atom. The molecule has 0 saturated carbocycles. The van der Waals surface area contributed by atoms with E-state index in [1.165, 1.54) is 0 Å². The van der Waals surface area contributed by atoms with Crippen LogP contribution in [0.3, 0.4) is 0 Å². The van der Waals surface area contributed by atoms with Crippen molar-refractivity contribution >= 4 is 21.6 Å². The molecule has 0 aliphatic heterocycles. The van der Waals surface area contributed by atoms with Crippen LogP contribution in [0, 0.1) is 13.8 Å². The molecule has 0 fully saturated rings. The quantitative estimate of drug-likeness (QED) is 0.785. The number of ether oxygens (including phenoxy) is 1. The molecule has 3 aromatic rings. The molecule has 0 radical (unpaired) electrons. The number of para-hydroxylation sites is 1. The highest BCUT2D eigenvalue weighted by atomic mass is 32.1. The average molecular weight is 284 g/mol. The Labute approximate surface area is 122 Å². The van der Waals surface area contributed by atoms with E-state index in [1.54, 1.807) is 11.3 Å². The summed E-state index contributed by atoms with van der Waals surface area (Å²) in [6, 6.07) is 12.2. The highest BCUT2D eigenvalue weighted by Crippen LogP contribution is 2.34. The Balaban J connectivity index is 1.98. The van der Waals surface area contributed by atoms with E-state index >= 15 is 0 Å². The molecule has 3 rings (SSSR count). The fourth-order valence-corrected chi connectivity index (χ4v) is 3.12. The SMILES string of the molecule is Cc1cc(CN)cc(C)c1Oc1nc2ccccc2s1. The number of rotatable bonds is 3. The summed E-state index contributed by atoms with van der Waals surface area (Å²) in [4.78, 5) is 4.50. The van der Waals surface area contributed by atoms with Gasteiger partial charge >= 0.3 is 0 Å². The standard InChI is InChI=1S/C16H16N2OS/c1-10-7-12(9-17)8-11(2)15(10)19-16-18-13-5-3-4-6-14(13)20-16/h3-8H,9,17H2,1-2H3. The van der Waals surface area contributed by atoms with Gasteiger partial charge in [-0.25, -0.2) is 4.98 Å². The Bertz CT molecular complexity index is 708. The second kappa shape index (κ2) is 5.23. The van der Waals surface area contributed by atoms with Gasteiger partial charge in [0, 0.05) is 6.54 Å². The highest BCUT2D eigenvalue weighted by molar-refractivity contribution is 7.20. The van der Waals surface area contributed by atoms with Crippen molar-refractivity contribution in [2.75, 3.05) is 0 Å². The van der Waals surface area contributed by atoms with E-state index in [9.17, 15) is 0 Å². The van der Waals surface area contributed by atoms with Gasteiger partial charge in [-0.15, -0.1) is 0 Å². The van der Waals surface area contributed by atoms with Crippen LogP contribution in [0.25, 0.3) is 10.2 Å². The van der Waals surface area contributed by atoms with E-state index in [1.807, 2.05) is 32.0 Å². The molecule has 0 aliphatic carbocycles. The van der Waals surface area contributed by atoms with Crippen molar-refractivity contribution in [3.63, 3.8) is 0 Å². The molecule has 0 unspecified atom stereocenters. The maximum Gasteiger partial charge on any atom is 0.279 e. The molecule has 102 valence electrons. The van der Waals surface area contributed by atoms with Gasteiger partial charge in [-0.05, 0) is 42.7 Å². The minimum absolute atomic E-state index is 0.545. The van der Waals surface area contributed by atoms with Gasteiger partial charge in [0.25, 0.3) is 5.19 Å². The largest absolute Gasteiger partial charge is 0.430 e. The summed E-state index contributed by atoms with van der Waals surface area (Å²) in [6.45, 7) is 4.62. The molecule has 0 amide bonds. The normalized spacial score (nSPS) is 10.9. The van der Waals surface area contributed by atoms with Crippen LogP contribution in [0.1, 0.15) is 16.7 Å². The summed E-state index contributed by atoms with van der Waals surface area (Å²) in [7, 11) is 0. The van der Waals surface area contributed by atoms with Crippen molar-refractivity contribution in [1.82, 2.24) is 4.98 Å². The van der Waals surface area contributed by atoms with E-state index in [0.717, 1.165) is 32.7 Å². The monoisotopic (exact) mass is 284 g/mol. The first-order chi connectivity index (χ1) is 9.67. The lowest BCUT2D eigenvalue weighted by molar-refractivity contribution is 0.472. The van der Waals surface area contributed by atoms with E-state index in [4.69, 9.17) is 10.5 Å². The number of benzene rings is 2. The maximum atomic E-state index is 5.99. The van der Waals surface area contributed by atoms with Gasteiger partial charge < -0.3 is 10.5 Å². The zero-order chi connectivity index (χ0) is 14.1. The third-order valence-electron chi connectivity index (χ3n) is 3.22. The van der Waals surface area contributed by atoms with Crippen LogP contribution in [0.5, 0.6) is 10.9 Å². The maximum absolute atomic E-state index is 5.99. The molecule has 2 N–H and O–H groups in total. The van der Waals surface area contributed by atoms with Crippen molar-refractivity contribution in [2.24, 2.45) is 5.73 Å². The summed E-state index contributed by atoms with van der Waals surface area (Å²) in [6.07, 6.45) is 0. The van der Waals surface area contributed by atoms with Crippen LogP contribution in [-0.4, -0.2) is 4.98 Å². The van der Waals surface area contributed by atoms with Crippen LogP contribution in [-0.2, 0) is 6.54 Å². The molecule has 0 atom stereocenters. The minimum Gasteiger partial charge on any atom is -0.430 e. The number of thiazole rings is 1. The van der Waals surface area contributed by atoms with Gasteiger partial charge in [0.05, 0.1) is 10.2 Å². The topological polar surface area (TPSA) is 48.1 Å². The number of aryl methyl sites for hydroxylation is 2. The molecule has 3 nitrogen and oxygen atoms in total. The van der Waals surface area contributed by atoms with E-state index < -0.39 is 0 Å². The molecule has 0 saturated heterocycles. The number of aromatic nitrogens is 1. The summed E-state index contributed by atoms with van der Waals surface area (Å²) in [5, 5.41) is 0.679. The first kappa shape index (κ1) is 13.1. The van der Waals surface area contributed by atoms with E-state index in [2.05, 4.69) is 23.2 Å². The molecule has 0 bridgehead atoms. The van der Waals surface area contributed by atoms with Gasteiger partial charge in [-0.2, -0.15) is 0 Å². The van der Waals surface area contributed by atoms with Crippen molar-refractivity contribution in [3.8, 4) is 10.9 Å². The number of fused-ring (bicyclic) bond motifs is 1. The predicted octanol–water partition coefficient (Wildman–Crippen LogP) is 4.16. The summed E-state index contributed by atoms with van der Waals surface area (Å²) in [5.74, 6) is 0.876. The van der Waals surface area contributed by atoms with Gasteiger partial charge in [0.2, 0.25) is 0 Å². The third kappa shape index (κ3) is 2.40. The molecule has 20 heavy (non-hydrogen) atoms. The lowest BCUT2D eigenvalue weighted by Crippen LogP contribution is -1.99. The number of hydrogen-bond acceptors (Lipinski definition) is 4. The number of hydrogen-bond donors (Lipinski definition) is 1. The van der Waals surface area contributed by atoms with Crippen LogP contribution in [0.15, 0.2) is 36.4 Å². The minimum atomic E-state index is 0.545. The molecule has 0 aliphatic rings. The Morgan fingerprint density at radius 3 is 2.50 bits per heavy atom. The first-order valence-corrected chi connectivity index (χ1v) is 7.32. The van der Waals surface area contributed by atoms with Gasteiger partial charge in [-0.1, -0.05) is 35.6 Å². The highest BCUT2D eigenvalue weighted by Gasteiger charge is 2.10. The number of nitrogens with zero attached hydrogens (tertiary/aromatic N) is 1. The predicted molar refractivity (Wildman–Crippen MR) is 83.5 cm³/mol. The summed E-state index contributed by atoms with van der Waals surface area (Å²) < 4.78 is 7.13. The second-order valence-electron chi connectivity index (χ2n) is 4.81. The first-order valence-electron chi connectivity index (χ1n) is 6.51. The molecule has 2 aromatic carbocycles. The fourth-order valence-electron chi connectivity index (χ4n) is 2.30. The molecular weight excluding hydrogens is 268 g/mol. The zero-order valence-corrected chi connectivity index (χ0v) is 12.3. The van der Waals surface area contributed by atoms with Gasteiger partial charge in [-0.3, -0.25) is 0 Å². The van der Waals surface area contributed by atoms with E-state index in [-0.39, 0.29) is 0 Å². The Hall–Kier alpha value is -1.91. The van der Waals surface area contributed by atoms with Gasteiger partial charge in [0.15, 0.2) is 0 Å². The number of nitrogens with two attached hydrogens (primary N) is 1. The Morgan fingerprint density at radius 2 is 1.85 bits per heavy atom. The molecule has 0 spiro atoms. The van der Waals surface area contributed by atoms with Crippen LogP contribution < -0.4 is 10.5 Å². The molecule has 4 heteroatoms. The summed E-state index contributed by atoms with van der Waals surface area (Å²) >= 11 is 1.56. The van der Waals surface area contributed by atoms with E-state index in [0.29, 0.717) is 11.7 Å². The molecule has 1 heterocycles. The second-order valence-corrected chi connectivity index (χ2v) is 5.81. The zero-order valence-electron chi connectivity index (χ0n) is 11.5. The van der Waals surface area contributed by atoms with Gasteiger partial charge in [0.1, 0.15) is 5.75 Å². The molecule has 1 aromatic heterocycles. The summed E-state index contributed by atoms with van der Waals surface area (Å²) in [5.41, 5.74) is 9.96.